The van der Waals surface area contributed by atoms with Crippen molar-refractivity contribution in [3.63, 3.8) is 0 Å². The summed E-state index contributed by atoms with van der Waals surface area (Å²) in [7, 11) is 0. The Bertz CT molecular complexity index is 66.3. The Hall–Kier alpha value is 1.02. The van der Waals surface area contributed by atoms with E-state index in [4.69, 9.17) is 11.6 Å². The largest absolute Gasteiger partial charge is 0.123 e. The van der Waals surface area contributed by atoms with E-state index in [-0.39, 0.29) is 0 Å². The van der Waals surface area contributed by atoms with Gasteiger partial charge in [0.25, 0.3) is 0 Å². The molecule has 2 heteroatoms. The molecule has 1 unspecified atom stereocenters. The van der Waals surface area contributed by atoms with E-state index in [1.54, 1.807) is 0 Å². The van der Waals surface area contributed by atoms with Crippen LogP contribution in [0.4, 0.5) is 0 Å². The van der Waals surface area contributed by atoms with Crippen molar-refractivity contribution in [1.82, 2.24) is 0 Å². The van der Waals surface area contributed by atoms with Crippen molar-refractivity contribution in [2.24, 2.45) is 0 Å². The first-order valence-corrected chi connectivity index (χ1v) is 5.97. The molecule has 0 aliphatic carbocycles. The fourth-order valence-electron chi connectivity index (χ4n) is 0.841. The Kier molecular flexibility index (Phi) is 8.95. The van der Waals surface area contributed by atoms with Crippen molar-refractivity contribution in [3.05, 3.63) is 0 Å². The van der Waals surface area contributed by atoms with E-state index < -0.39 is 0 Å². The van der Waals surface area contributed by atoms with Gasteiger partial charge in [-0.3, -0.25) is 0 Å². The van der Waals surface area contributed by atoms with Crippen LogP contribution in [0.3, 0.4) is 0 Å². The molecule has 10 heavy (non-hydrogen) atoms. The Morgan fingerprint density at radius 1 is 1.30 bits per heavy atom. The first-order chi connectivity index (χ1) is 4.81. The molecule has 0 aromatic heterocycles. The summed E-state index contributed by atoms with van der Waals surface area (Å²) in [5.74, 6) is 0. The topological polar surface area (TPSA) is 0 Å². The van der Waals surface area contributed by atoms with Gasteiger partial charge in [-0.2, -0.15) is 0 Å². The molecule has 0 aromatic carbocycles. The van der Waals surface area contributed by atoms with E-state index >= 15 is 0 Å². The second-order valence-electron chi connectivity index (χ2n) is 2.54. The van der Waals surface area contributed by atoms with E-state index in [1.807, 2.05) is 0 Å². The van der Waals surface area contributed by atoms with Crippen LogP contribution < -0.4 is 0 Å². The number of hydrogen-bond donors (Lipinski definition) is 0. The van der Waals surface area contributed by atoms with Crippen LogP contribution in [0.5, 0.6) is 0 Å². The number of unbranched alkanes of at least 4 members (excludes halogenated alkanes) is 2. The second kappa shape index (κ2) is 8.12. The monoisotopic (exact) mass is 274 g/mol. The molecule has 0 saturated carbocycles. The van der Waals surface area contributed by atoms with Gasteiger partial charge < -0.3 is 0 Å². The summed E-state index contributed by atoms with van der Waals surface area (Å²) >= 11 is 8.36. The molecule has 1 atom stereocenters. The van der Waals surface area contributed by atoms with Gasteiger partial charge in [0, 0.05) is 5.38 Å². The quantitative estimate of drug-likeness (QED) is 0.390. The second-order valence-corrected chi connectivity index (χ2v) is 4.24. The third-order valence-corrected chi connectivity index (χ3v) is 2.88. The Labute approximate surface area is 82.9 Å². The zero-order chi connectivity index (χ0) is 7.82. The molecule has 0 N–H and O–H groups in total. The molecule has 0 fully saturated rings. The van der Waals surface area contributed by atoms with Gasteiger partial charge in [-0.1, -0.05) is 42.4 Å². The SMILES string of the molecule is CCC(Cl)CCCCCI. The van der Waals surface area contributed by atoms with Gasteiger partial charge in [0.05, 0.1) is 0 Å². The molecule has 0 bridgehead atoms. The summed E-state index contributed by atoms with van der Waals surface area (Å²) in [5.41, 5.74) is 0. The van der Waals surface area contributed by atoms with Crippen LogP contribution in [-0.4, -0.2) is 9.80 Å². The number of hydrogen-bond acceptors (Lipinski definition) is 0. The molecule has 0 rings (SSSR count). The predicted octanol–water partition coefficient (Wildman–Crippen LogP) is 4.00. The highest BCUT2D eigenvalue weighted by molar-refractivity contribution is 14.1. The zero-order valence-electron chi connectivity index (χ0n) is 6.58. The van der Waals surface area contributed by atoms with Gasteiger partial charge in [-0.05, 0) is 23.7 Å². The van der Waals surface area contributed by atoms with Crippen LogP contribution in [0.1, 0.15) is 39.0 Å². The molecule has 0 amide bonds. The molecule has 0 heterocycles. The van der Waals surface area contributed by atoms with E-state index in [0.29, 0.717) is 5.38 Å². The highest BCUT2D eigenvalue weighted by Crippen LogP contribution is 2.12. The predicted molar refractivity (Wildman–Crippen MR) is 57.3 cm³/mol. The lowest BCUT2D eigenvalue weighted by molar-refractivity contribution is 0.635. The molecule has 0 saturated heterocycles. The Morgan fingerprint density at radius 3 is 2.50 bits per heavy atom. The minimum atomic E-state index is 0.425. The van der Waals surface area contributed by atoms with Crippen molar-refractivity contribution in [3.8, 4) is 0 Å². The van der Waals surface area contributed by atoms with Crippen molar-refractivity contribution < 1.29 is 0 Å². The van der Waals surface area contributed by atoms with E-state index in [2.05, 4.69) is 29.5 Å². The fourth-order valence-corrected chi connectivity index (χ4v) is 1.53. The van der Waals surface area contributed by atoms with Crippen molar-refractivity contribution in [2.75, 3.05) is 4.43 Å². The van der Waals surface area contributed by atoms with Gasteiger partial charge >= 0.3 is 0 Å². The summed E-state index contributed by atoms with van der Waals surface area (Å²) in [6.45, 7) is 2.15. The average molecular weight is 275 g/mol. The molecule has 0 spiro atoms. The van der Waals surface area contributed by atoms with Crippen LogP contribution in [-0.2, 0) is 0 Å². The molecule has 0 aromatic rings. The maximum Gasteiger partial charge on any atom is 0.0333 e. The van der Waals surface area contributed by atoms with Crippen LogP contribution in [0.2, 0.25) is 0 Å². The summed E-state index contributed by atoms with van der Waals surface area (Å²) in [6, 6.07) is 0. The van der Waals surface area contributed by atoms with E-state index in [1.165, 1.54) is 30.1 Å². The Balaban J connectivity index is 2.89. The average Bonchev–Trinajstić information content (AvgIpc) is 1.98. The van der Waals surface area contributed by atoms with Gasteiger partial charge in [0.15, 0.2) is 0 Å². The van der Waals surface area contributed by atoms with Gasteiger partial charge in [0.2, 0.25) is 0 Å². The molecular formula is C8H16ClI. The van der Waals surface area contributed by atoms with E-state index in [0.717, 1.165) is 6.42 Å². The smallest absolute Gasteiger partial charge is 0.0333 e. The van der Waals surface area contributed by atoms with Crippen molar-refractivity contribution in [1.29, 1.82) is 0 Å². The lowest BCUT2D eigenvalue weighted by atomic mass is 10.1. The third kappa shape index (κ3) is 7.13. The van der Waals surface area contributed by atoms with Crippen molar-refractivity contribution in [2.45, 2.75) is 44.4 Å². The minimum absolute atomic E-state index is 0.425. The normalized spacial score (nSPS) is 13.5. The van der Waals surface area contributed by atoms with Gasteiger partial charge in [-0.25, -0.2) is 0 Å². The third-order valence-electron chi connectivity index (χ3n) is 1.59. The summed E-state index contributed by atoms with van der Waals surface area (Å²) < 4.78 is 1.29. The Morgan fingerprint density at radius 2 is 2.00 bits per heavy atom. The molecule has 0 aliphatic rings. The molecule has 62 valence electrons. The molecule has 0 aliphatic heterocycles. The maximum absolute atomic E-state index is 5.94. The minimum Gasteiger partial charge on any atom is -0.123 e. The standard InChI is InChI=1S/C8H16ClI/c1-2-8(9)6-4-3-5-7-10/h8H,2-7H2,1H3. The lowest BCUT2D eigenvalue weighted by Crippen LogP contribution is -1.94. The summed E-state index contributed by atoms with van der Waals surface area (Å²) in [5, 5.41) is 0.425. The number of alkyl halides is 2. The zero-order valence-corrected chi connectivity index (χ0v) is 9.49. The van der Waals surface area contributed by atoms with Crippen LogP contribution >= 0.6 is 34.2 Å². The maximum atomic E-state index is 5.94. The van der Waals surface area contributed by atoms with Crippen LogP contribution in [0.15, 0.2) is 0 Å². The molecular weight excluding hydrogens is 258 g/mol. The first-order valence-electron chi connectivity index (χ1n) is 4.01. The van der Waals surface area contributed by atoms with Gasteiger partial charge in [-0.15, -0.1) is 11.6 Å². The van der Waals surface area contributed by atoms with Crippen molar-refractivity contribution >= 4 is 34.2 Å². The first kappa shape index (κ1) is 11.0. The molecule has 0 nitrogen and oxygen atoms in total. The van der Waals surface area contributed by atoms with E-state index in [9.17, 15) is 0 Å². The van der Waals surface area contributed by atoms with Gasteiger partial charge in [0.1, 0.15) is 0 Å². The lowest BCUT2D eigenvalue weighted by Gasteiger charge is -2.03. The summed E-state index contributed by atoms with van der Waals surface area (Å²) in [6.07, 6.45) is 6.34. The highest BCUT2D eigenvalue weighted by atomic mass is 127. The molecule has 0 radical (unpaired) electrons. The summed E-state index contributed by atoms with van der Waals surface area (Å²) in [4.78, 5) is 0. The highest BCUT2D eigenvalue weighted by Gasteiger charge is 1.99. The number of halogens is 2. The number of rotatable bonds is 6. The van der Waals surface area contributed by atoms with Crippen LogP contribution in [0, 0.1) is 0 Å². The van der Waals surface area contributed by atoms with Crippen LogP contribution in [0.25, 0.3) is 0 Å². The fraction of sp³-hybridized carbons (Fsp3) is 1.00.